The third-order valence-corrected chi connectivity index (χ3v) is 3.84. The van der Waals surface area contributed by atoms with Crippen LogP contribution in [-0.2, 0) is 6.54 Å². The van der Waals surface area contributed by atoms with Crippen LogP contribution in [0.4, 0.5) is 0 Å². The van der Waals surface area contributed by atoms with Gasteiger partial charge in [0.1, 0.15) is 0 Å². The molecule has 1 aliphatic rings. The Kier molecular flexibility index (Phi) is 8.67. The average Bonchev–Trinajstić information content (AvgIpc) is 3.12. The Labute approximate surface area is 144 Å². The predicted octanol–water partition coefficient (Wildman–Crippen LogP) is 1.28. The van der Waals surface area contributed by atoms with Crippen molar-refractivity contribution in [3.63, 3.8) is 0 Å². The van der Waals surface area contributed by atoms with Gasteiger partial charge in [-0.05, 0) is 32.4 Å². The fourth-order valence-corrected chi connectivity index (χ4v) is 2.67. The zero-order valence-corrected chi connectivity index (χ0v) is 15.1. The summed E-state index contributed by atoms with van der Waals surface area (Å²) in [5.74, 6) is 0.568. The van der Waals surface area contributed by atoms with E-state index >= 15 is 0 Å². The quantitative estimate of drug-likeness (QED) is 0.310. The lowest BCUT2D eigenvalue weighted by molar-refractivity contribution is 0.273. The molecule has 1 aromatic rings. The van der Waals surface area contributed by atoms with Crippen LogP contribution in [0.1, 0.15) is 26.2 Å². The summed E-state index contributed by atoms with van der Waals surface area (Å²) in [5, 5.41) is 3.18. The minimum Gasteiger partial charge on any atom is -0.370 e. The van der Waals surface area contributed by atoms with Gasteiger partial charge in [-0.25, -0.2) is 4.98 Å². The molecule has 0 aromatic carbocycles. The number of aryl methyl sites for hydroxylation is 1. The SMILES string of the molecule is CCN1CCCC1CN=C(N)NCCCn1ccnc1.I. The highest BCUT2D eigenvalue weighted by Crippen LogP contribution is 2.16. The van der Waals surface area contributed by atoms with Gasteiger partial charge in [-0.2, -0.15) is 0 Å². The first kappa shape index (κ1) is 18.2. The van der Waals surface area contributed by atoms with Crippen molar-refractivity contribution in [2.24, 2.45) is 10.7 Å². The minimum atomic E-state index is 0. The van der Waals surface area contributed by atoms with Gasteiger partial charge in [-0.3, -0.25) is 9.89 Å². The third-order valence-electron chi connectivity index (χ3n) is 3.84. The lowest BCUT2D eigenvalue weighted by Crippen LogP contribution is -2.36. The van der Waals surface area contributed by atoms with E-state index in [0.717, 1.165) is 32.6 Å². The lowest BCUT2D eigenvalue weighted by atomic mass is 10.2. The Morgan fingerprint density at radius 1 is 1.52 bits per heavy atom. The highest BCUT2D eigenvalue weighted by Gasteiger charge is 2.22. The predicted molar refractivity (Wildman–Crippen MR) is 97.0 cm³/mol. The summed E-state index contributed by atoms with van der Waals surface area (Å²) in [4.78, 5) is 11.0. The number of nitrogens with zero attached hydrogens (tertiary/aromatic N) is 4. The van der Waals surface area contributed by atoms with Crippen LogP contribution in [0.5, 0.6) is 0 Å². The van der Waals surface area contributed by atoms with Gasteiger partial charge in [0.25, 0.3) is 0 Å². The third kappa shape index (κ3) is 6.21. The highest BCUT2D eigenvalue weighted by molar-refractivity contribution is 14.0. The second-order valence-electron chi connectivity index (χ2n) is 5.23. The van der Waals surface area contributed by atoms with E-state index in [4.69, 9.17) is 5.73 Å². The number of hydrogen-bond acceptors (Lipinski definition) is 3. The standard InChI is InChI=1S/C14H26N6.HI/c1-2-20-9-3-5-13(20)11-18-14(15)17-6-4-8-19-10-7-16-12-19;/h7,10,12-13H,2-6,8-9,11H2,1H3,(H3,15,17,18);1H. The Morgan fingerprint density at radius 2 is 2.38 bits per heavy atom. The van der Waals surface area contributed by atoms with Crippen LogP contribution in [0.25, 0.3) is 0 Å². The first-order chi connectivity index (χ1) is 9.79. The van der Waals surface area contributed by atoms with Crippen LogP contribution in [0.3, 0.4) is 0 Å². The molecule has 2 rings (SSSR count). The van der Waals surface area contributed by atoms with E-state index in [1.165, 1.54) is 19.4 Å². The molecule has 6 nitrogen and oxygen atoms in total. The molecule has 120 valence electrons. The summed E-state index contributed by atoms with van der Waals surface area (Å²) >= 11 is 0. The van der Waals surface area contributed by atoms with Gasteiger partial charge in [0.2, 0.25) is 0 Å². The van der Waals surface area contributed by atoms with Crippen molar-refractivity contribution in [2.75, 3.05) is 26.2 Å². The fourth-order valence-electron chi connectivity index (χ4n) is 2.67. The van der Waals surface area contributed by atoms with Crippen molar-refractivity contribution in [1.29, 1.82) is 0 Å². The van der Waals surface area contributed by atoms with Gasteiger partial charge >= 0.3 is 0 Å². The van der Waals surface area contributed by atoms with Crippen LogP contribution in [0.15, 0.2) is 23.7 Å². The first-order valence-electron chi connectivity index (χ1n) is 7.53. The topological polar surface area (TPSA) is 71.5 Å². The normalized spacial score (nSPS) is 19.5. The minimum absolute atomic E-state index is 0. The molecule has 0 bridgehead atoms. The Bertz CT molecular complexity index is 406. The van der Waals surface area contributed by atoms with E-state index in [1.807, 2.05) is 12.5 Å². The summed E-state index contributed by atoms with van der Waals surface area (Å²) in [6, 6.07) is 0.575. The number of aliphatic imine (C=N–C) groups is 1. The van der Waals surface area contributed by atoms with Crippen LogP contribution in [0.2, 0.25) is 0 Å². The molecular weight excluding hydrogens is 379 g/mol. The smallest absolute Gasteiger partial charge is 0.188 e. The number of rotatable bonds is 7. The Balaban J connectivity index is 0.00000220. The largest absolute Gasteiger partial charge is 0.370 e. The van der Waals surface area contributed by atoms with Gasteiger partial charge in [-0.15, -0.1) is 24.0 Å². The number of nitrogens with one attached hydrogen (secondary N) is 1. The number of likely N-dealkylation sites (N-methyl/N-ethyl adjacent to an activating group) is 1. The second kappa shape index (κ2) is 9.99. The maximum absolute atomic E-state index is 5.90. The van der Waals surface area contributed by atoms with Gasteiger partial charge in [0.15, 0.2) is 5.96 Å². The lowest BCUT2D eigenvalue weighted by Gasteiger charge is -2.20. The molecule has 1 aromatic heterocycles. The molecule has 0 aliphatic carbocycles. The van der Waals surface area contributed by atoms with Crippen molar-refractivity contribution < 1.29 is 0 Å². The number of hydrogen-bond donors (Lipinski definition) is 2. The second-order valence-corrected chi connectivity index (χ2v) is 5.23. The maximum atomic E-state index is 5.90. The number of aromatic nitrogens is 2. The van der Waals surface area contributed by atoms with E-state index in [2.05, 4.69) is 31.7 Å². The van der Waals surface area contributed by atoms with E-state index < -0.39 is 0 Å². The number of halogens is 1. The van der Waals surface area contributed by atoms with Crippen LogP contribution >= 0.6 is 24.0 Å². The molecule has 1 saturated heterocycles. The number of likely N-dealkylation sites (tertiary alicyclic amines) is 1. The van der Waals surface area contributed by atoms with E-state index in [9.17, 15) is 0 Å². The van der Waals surface area contributed by atoms with Crippen molar-refractivity contribution >= 4 is 29.9 Å². The molecule has 0 amide bonds. The Morgan fingerprint density at radius 3 is 3.10 bits per heavy atom. The van der Waals surface area contributed by atoms with Gasteiger partial charge in [-0.1, -0.05) is 6.92 Å². The van der Waals surface area contributed by atoms with Crippen LogP contribution in [0, 0.1) is 0 Å². The molecule has 0 saturated carbocycles. The number of imidazole rings is 1. The summed E-state index contributed by atoms with van der Waals surface area (Å²) in [5.41, 5.74) is 5.90. The number of guanidine groups is 1. The first-order valence-corrected chi connectivity index (χ1v) is 7.53. The summed E-state index contributed by atoms with van der Waals surface area (Å²) in [6.07, 6.45) is 9.13. The van der Waals surface area contributed by atoms with Crippen LogP contribution in [-0.4, -0.2) is 52.6 Å². The van der Waals surface area contributed by atoms with Crippen molar-refractivity contribution in [3.8, 4) is 0 Å². The molecular formula is C14H27IN6. The van der Waals surface area contributed by atoms with Gasteiger partial charge in [0, 0.05) is 31.5 Å². The zero-order chi connectivity index (χ0) is 14.2. The van der Waals surface area contributed by atoms with Crippen LogP contribution < -0.4 is 11.1 Å². The monoisotopic (exact) mass is 406 g/mol. The molecule has 0 spiro atoms. The summed E-state index contributed by atoms with van der Waals surface area (Å²) in [6.45, 7) is 7.13. The van der Waals surface area contributed by atoms with E-state index in [-0.39, 0.29) is 24.0 Å². The van der Waals surface area contributed by atoms with Gasteiger partial charge < -0.3 is 15.6 Å². The molecule has 0 radical (unpaired) electrons. The molecule has 1 aliphatic heterocycles. The van der Waals surface area contributed by atoms with Gasteiger partial charge in [0.05, 0.1) is 12.9 Å². The van der Waals surface area contributed by atoms with E-state index in [0.29, 0.717) is 12.0 Å². The highest BCUT2D eigenvalue weighted by atomic mass is 127. The Hall–Kier alpha value is -0.830. The molecule has 1 fully saturated rings. The molecule has 7 heteroatoms. The fraction of sp³-hybridized carbons (Fsp3) is 0.714. The molecule has 2 heterocycles. The average molecular weight is 406 g/mol. The maximum Gasteiger partial charge on any atom is 0.188 e. The molecule has 21 heavy (non-hydrogen) atoms. The summed E-state index contributed by atoms with van der Waals surface area (Å²) < 4.78 is 2.06. The van der Waals surface area contributed by atoms with E-state index in [1.54, 1.807) is 6.20 Å². The molecule has 3 N–H and O–H groups in total. The van der Waals surface area contributed by atoms with Crippen molar-refractivity contribution in [3.05, 3.63) is 18.7 Å². The number of nitrogens with two attached hydrogens (primary N) is 1. The summed E-state index contributed by atoms with van der Waals surface area (Å²) in [7, 11) is 0. The molecule has 1 atom stereocenters. The molecule has 1 unspecified atom stereocenters. The zero-order valence-electron chi connectivity index (χ0n) is 12.7. The van der Waals surface area contributed by atoms with Crippen molar-refractivity contribution in [2.45, 2.75) is 38.8 Å². The van der Waals surface area contributed by atoms with Crippen molar-refractivity contribution in [1.82, 2.24) is 19.8 Å².